The van der Waals surface area contributed by atoms with Gasteiger partial charge in [0.15, 0.2) is 0 Å². The second-order valence-corrected chi connectivity index (χ2v) is 8.54. The molecule has 0 saturated heterocycles. The topological polar surface area (TPSA) is 0 Å². The van der Waals surface area contributed by atoms with Gasteiger partial charge in [-0.05, 0) is 63.3 Å². The van der Waals surface area contributed by atoms with Crippen molar-refractivity contribution in [2.45, 2.75) is 21.1 Å². The fourth-order valence-corrected chi connectivity index (χ4v) is 6.76. The number of hydrogen-bond donors (Lipinski definition) is 0. The van der Waals surface area contributed by atoms with Crippen LogP contribution in [0.4, 0.5) is 0 Å². The van der Waals surface area contributed by atoms with Crippen LogP contribution < -0.4 is 0 Å². The Morgan fingerprint density at radius 2 is 0.864 bits per heavy atom. The molecule has 0 heterocycles. The van der Waals surface area contributed by atoms with Gasteiger partial charge in [-0.15, -0.1) is 0 Å². The van der Waals surface area contributed by atoms with E-state index in [1.54, 1.807) is 0 Å². The van der Waals surface area contributed by atoms with Gasteiger partial charge >= 0.3 is 0 Å². The summed E-state index contributed by atoms with van der Waals surface area (Å²) in [4.78, 5) is 4.24. The van der Waals surface area contributed by atoms with Gasteiger partial charge in [0.1, 0.15) is 0 Å². The van der Waals surface area contributed by atoms with E-state index in [1.807, 2.05) is 0 Å². The highest BCUT2D eigenvalue weighted by molar-refractivity contribution is 8.33. The Hall–Kier alpha value is -1.99. The van der Waals surface area contributed by atoms with Crippen molar-refractivity contribution in [2.75, 3.05) is 5.75 Å². The predicted molar refractivity (Wildman–Crippen MR) is 96.6 cm³/mol. The average Bonchev–Trinajstić information content (AvgIpc) is 2.62. The minimum Gasteiger partial charge on any atom is -0.160 e. The van der Waals surface area contributed by atoms with Crippen LogP contribution in [0.25, 0.3) is 0 Å². The molecular formula is C21H21S. The number of benzene rings is 3. The van der Waals surface area contributed by atoms with E-state index in [0.29, 0.717) is 0 Å². The minimum absolute atomic E-state index is 0.925. The summed E-state index contributed by atoms with van der Waals surface area (Å²) in [5, 5.41) is 0. The Morgan fingerprint density at radius 1 is 0.545 bits per heavy atom. The fourth-order valence-electron chi connectivity index (χ4n) is 2.94. The molecule has 3 aromatic rings. The van der Waals surface area contributed by atoms with Crippen LogP contribution in [0.3, 0.4) is 0 Å². The van der Waals surface area contributed by atoms with E-state index in [-0.39, 0.29) is 0 Å². The van der Waals surface area contributed by atoms with Gasteiger partial charge in [0.25, 0.3) is 0 Å². The molecule has 3 rings (SSSR count). The van der Waals surface area contributed by atoms with E-state index in [4.69, 9.17) is 0 Å². The molecule has 0 bridgehead atoms. The molecule has 0 spiro atoms. The fraction of sp³-hybridized carbons (Fsp3) is 0.0952. The largest absolute Gasteiger partial charge is 0.160 e. The van der Waals surface area contributed by atoms with Crippen LogP contribution in [0.5, 0.6) is 0 Å². The molecule has 3 aromatic carbocycles. The molecule has 22 heavy (non-hydrogen) atoms. The van der Waals surface area contributed by atoms with Crippen molar-refractivity contribution in [1.29, 1.82) is 0 Å². The van der Waals surface area contributed by atoms with Crippen LogP contribution in [-0.2, 0) is 0 Å². The van der Waals surface area contributed by atoms with Crippen molar-refractivity contribution in [3.8, 4) is 0 Å². The smallest absolute Gasteiger partial charge is 0.00187 e. The standard InChI is InChI=1S/C21H21S/c1-2-18-22(19-12-6-3-7-13-19,20-14-8-4-9-15-20)21-16-10-5-11-17-21/h3-17H,1-2,18H2. The molecule has 0 aromatic heterocycles. The highest BCUT2D eigenvalue weighted by Gasteiger charge is 2.29. The Balaban J connectivity index is 2.29. The summed E-state index contributed by atoms with van der Waals surface area (Å²) in [6, 6.07) is 32.8. The lowest BCUT2D eigenvalue weighted by molar-refractivity contribution is 1.17. The first-order valence-corrected chi connectivity index (χ1v) is 9.44. The van der Waals surface area contributed by atoms with Crippen LogP contribution >= 0.6 is 10.0 Å². The van der Waals surface area contributed by atoms with Gasteiger partial charge in [-0.25, -0.2) is 0 Å². The summed E-state index contributed by atoms with van der Waals surface area (Å²) in [5.41, 5.74) is 0. The highest BCUT2D eigenvalue weighted by Crippen LogP contribution is 2.68. The Bertz CT molecular complexity index is 593. The van der Waals surface area contributed by atoms with Gasteiger partial charge in [-0.3, -0.25) is 0 Å². The average molecular weight is 305 g/mol. The van der Waals surface area contributed by atoms with Crippen molar-refractivity contribution >= 4 is 10.0 Å². The second kappa shape index (κ2) is 6.85. The molecule has 111 valence electrons. The third kappa shape index (κ3) is 2.69. The lowest BCUT2D eigenvalue weighted by Gasteiger charge is -2.41. The quantitative estimate of drug-likeness (QED) is 0.527. The number of hydrogen-bond acceptors (Lipinski definition) is 0. The summed E-state index contributed by atoms with van der Waals surface area (Å²) in [6.45, 7) is 4.17. The summed E-state index contributed by atoms with van der Waals surface area (Å²) < 4.78 is 0. The summed E-state index contributed by atoms with van der Waals surface area (Å²) in [6.07, 6.45) is 0.925. The maximum Gasteiger partial charge on any atom is -0.00187 e. The monoisotopic (exact) mass is 305 g/mol. The van der Waals surface area contributed by atoms with Gasteiger partial charge in [0.2, 0.25) is 0 Å². The van der Waals surface area contributed by atoms with Crippen molar-refractivity contribution in [3.63, 3.8) is 0 Å². The molecule has 0 N–H and O–H groups in total. The van der Waals surface area contributed by atoms with E-state index in [1.165, 1.54) is 14.7 Å². The summed E-state index contributed by atoms with van der Waals surface area (Å²) in [7, 11) is -1.25. The van der Waals surface area contributed by atoms with Crippen molar-refractivity contribution in [2.24, 2.45) is 0 Å². The molecule has 0 aliphatic rings. The summed E-state index contributed by atoms with van der Waals surface area (Å²) >= 11 is 0. The molecule has 0 nitrogen and oxygen atoms in total. The molecule has 0 aliphatic heterocycles. The van der Waals surface area contributed by atoms with Gasteiger partial charge in [-0.2, -0.15) is 10.0 Å². The first kappa shape index (κ1) is 14.9. The van der Waals surface area contributed by atoms with Crippen molar-refractivity contribution < 1.29 is 0 Å². The van der Waals surface area contributed by atoms with Crippen LogP contribution in [0.15, 0.2) is 106 Å². The van der Waals surface area contributed by atoms with Crippen LogP contribution in [0, 0.1) is 6.92 Å². The lowest BCUT2D eigenvalue weighted by atomic mass is 10.4. The Morgan fingerprint density at radius 3 is 1.14 bits per heavy atom. The Labute approximate surface area is 135 Å². The zero-order chi connectivity index (χ0) is 15.3. The van der Waals surface area contributed by atoms with E-state index >= 15 is 0 Å². The molecule has 0 fully saturated rings. The van der Waals surface area contributed by atoms with Gasteiger partial charge < -0.3 is 0 Å². The van der Waals surface area contributed by atoms with E-state index in [0.717, 1.165) is 12.2 Å². The highest BCUT2D eigenvalue weighted by atomic mass is 32.3. The predicted octanol–water partition coefficient (Wildman–Crippen LogP) is 6.19. The maximum atomic E-state index is 4.17. The first-order chi connectivity index (χ1) is 10.9. The summed E-state index contributed by atoms with van der Waals surface area (Å²) in [5.74, 6) is 1.07. The molecule has 1 radical (unpaired) electrons. The molecule has 0 saturated carbocycles. The van der Waals surface area contributed by atoms with Gasteiger partial charge in [0, 0.05) is 0 Å². The Kier molecular flexibility index (Phi) is 4.65. The van der Waals surface area contributed by atoms with Crippen LogP contribution in [-0.4, -0.2) is 5.75 Å². The number of rotatable bonds is 5. The molecule has 0 unspecified atom stereocenters. The van der Waals surface area contributed by atoms with E-state index in [9.17, 15) is 0 Å². The molecule has 0 aliphatic carbocycles. The van der Waals surface area contributed by atoms with E-state index < -0.39 is 10.0 Å². The normalized spacial score (nSPS) is 12.0. The second-order valence-electron chi connectivity index (χ2n) is 5.24. The third-order valence-electron chi connectivity index (χ3n) is 3.89. The maximum absolute atomic E-state index is 4.17. The zero-order valence-corrected chi connectivity index (χ0v) is 13.5. The minimum atomic E-state index is -1.25. The van der Waals surface area contributed by atoms with Crippen molar-refractivity contribution in [1.82, 2.24) is 0 Å². The van der Waals surface area contributed by atoms with Crippen LogP contribution in [0.2, 0.25) is 0 Å². The molecule has 0 amide bonds. The molecule has 0 atom stereocenters. The van der Waals surface area contributed by atoms with Gasteiger partial charge in [0.05, 0.1) is 0 Å². The molecule has 1 heteroatoms. The van der Waals surface area contributed by atoms with Gasteiger partial charge in [-0.1, -0.05) is 61.5 Å². The third-order valence-corrected chi connectivity index (χ3v) is 8.02. The van der Waals surface area contributed by atoms with Crippen LogP contribution in [0.1, 0.15) is 6.42 Å². The molecular weight excluding hydrogens is 284 g/mol. The van der Waals surface area contributed by atoms with Crippen molar-refractivity contribution in [3.05, 3.63) is 97.9 Å². The SMILES string of the molecule is [CH2]CCS(c1ccccc1)(c1ccccc1)c1ccccc1. The first-order valence-electron chi connectivity index (χ1n) is 7.63. The zero-order valence-electron chi connectivity index (χ0n) is 12.7. The lowest BCUT2D eigenvalue weighted by Crippen LogP contribution is -2.07. The van der Waals surface area contributed by atoms with E-state index in [2.05, 4.69) is 97.9 Å².